The molecule has 0 aliphatic rings. The Bertz CT molecular complexity index is 641. The molecule has 7 heteroatoms. The summed E-state index contributed by atoms with van der Waals surface area (Å²) >= 11 is 1.55. The molecule has 3 aromatic heterocycles. The van der Waals surface area contributed by atoms with Crippen molar-refractivity contribution < 1.29 is 0 Å². The lowest BCUT2D eigenvalue weighted by atomic mass is 10.2. The van der Waals surface area contributed by atoms with Crippen LogP contribution in [0.1, 0.15) is 24.8 Å². The van der Waals surface area contributed by atoms with Gasteiger partial charge in [-0.05, 0) is 0 Å². The van der Waals surface area contributed by atoms with Gasteiger partial charge in [0.25, 0.3) is 0 Å². The standard InChI is InChI=1S/C10H10N6S/c1-6(2)9-15-16-8(13-14-10(16)17-9)7-5-11-3-4-12-7/h3-6H,1-2H3. The molecule has 0 N–H and O–H groups in total. The number of fused-ring (bicyclic) bond motifs is 1. The number of hydrogen-bond acceptors (Lipinski definition) is 6. The molecule has 86 valence electrons. The maximum Gasteiger partial charge on any atom is 0.235 e. The van der Waals surface area contributed by atoms with Crippen molar-refractivity contribution in [1.29, 1.82) is 0 Å². The summed E-state index contributed by atoms with van der Waals surface area (Å²) in [5.41, 5.74) is 0.681. The summed E-state index contributed by atoms with van der Waals surface area (Å²) in [5.74, 6) is 1.02. The Labute approximate surface area is 101 Å². The molecule has 3 heterocycles. The lowest BCUT2D eigenvalue weighted by Crippen LogP contribution is -1.95. The van der Waals surface area contributed by atoms with Crippen molar-refractivity contribution in [2.75, 3.05) is 0 Å². The Balaban J connectivity index is 2.18. The summed E-state index contributed by atoms with van der Waals surface area (Å²) in [6, 6.07) is 0. The van der Waals surface area contributed by atoms with E-state index in [2.05, 4.69) is 39.1 Å². The molecule has 0 radical (unpaired) electrons. The van der Waals surface area contributed by atoms with E-state index in [1.165, 1.54) is 0 Å². The molecule has 0 aliphatic heterocycles. The van der Waals surface area contributed by atoms with Crippen molar-refractivity contribution in [2.45, 2.75) is 19.8 Å². The number of aromatic nitrogens is 6. The van der Waals surface area contributed by atoms with Gasteiger partial charge in [0.05, 0.1) is 6.20 Å². The van der Waals surface area contributed by atoms with Crippen LogP contribution >= 0.6 is 11.3 Å². The number of rotatable bonds is 2. The molecule has 17 heavy (non-hydrogen) atoms. The van der Waals surface area contributed by atoms with Gasteiger partial charge in [-0.2, -0.15) is 9.61 Å². The third kappa shape index (κ3) is 1.68. The molecule has 6 nitrogen and oxygen atoms in total. The zero-order valence-electron chi connectivity index (χ0n) is 9.40. The van der Waals surface area contributed by atoms with Crippen molar-refractivity contribution in [3.05, 3.63) is 23.6 Å². The average molecular weight is 246 g/mol. The number of hydrogen-bond donors (Lipinski definition) is 0. The first-order chi connectivity index (χ1) is 8.25. The van der Waals surface area contributed by atoms with Crippen LogP contribution in [0, 0.1) is 0 Å². The Morgan fingerprint density at radius 3 is 2.82 bits per heavy atom. The normalized spacial score (nSPS) is 11.5. The lowest BCUT2D eigenvalue weighted by Gasteiger charge is -1.96. The Morgan fingerprint density at radius 1 is 1.24 bits per heavy atom. The third-order valence-corrected chi connectivity index (χ3v) is 3.49. The molecular formula is C10H10N6S. The third-order valence-electron chi connectivity index (χ3n) is 2.29. The second-order valence-electron chi connectivity index (χ2n) is 3.90. The maximum absolute atomic E-state index is 4.49. The average Bonchev–Trinajstić information content (AvgIpc) is 2.89. The van der Waals surface area contributed by atoms with Crippen LogP contribution in [0.3, 0.4) is 0 Å². The summed E-state index contributed by atoms with van der Waals surface area (Å²) in [4.78, 5) is 9.01. The van der Waals surface area contributed by atoms with Crippen molar-refractivity contribution >= 4 is 16.3 Å². The van der Waals surface area contributed by atoms with Gasteiger partial charge in [0.15, 0.2) is 0 Å². The first-order valence-electron chi connectivity index (χ1n) is 5.24. The van der Waals surface area contributed by atoms with Crippen LogP contribution in [0.4, 0.5) is 0 Å². The molecule has 0 fully saturated rings. The van der Waals surface area contributed by atoms with E-state index in [0.717, 1.165) is 9.97 Å². The van der Waals surface area contributed by atoms with Crippen molar-refractivity contribution in [2.24, 2.45) is 0 Å². The minimum absolute atomic E-state index is 0.386. The van der Waals surface area contributed by atoms with E-state index in [-0.39, 0.29) is 0 Å². The minimum Gasteiger partial charge on any atom is -0.261 e. The molecule has 0 bridgehead atoms. The minimum atomic E-state index is 0.386. The van der Waals surface area contributed by atoms with Gasteiger partial charge >= 0.3 is 0 Å². The zero-order valence-corrected chi connectivity index (χ0v) is 10.2. The molecule has 0 atom stereocenters. The predicted octanol–water partition coefficient (Wildman–Crippen LogP) is 1.77. The summed E-state index contributed by atoms with van der Waals surface area (Å²) in [6.45, 7) is 4.21. The lowest BCUT2D eigenvalue weighted by molar-refractivity contribution is 0.800. The van der Waals surface area contributed by atoms with Crippen LogP contribution in [0.2, 0.25) is 0 Å². The van der Waals surface area contributed by atoms with Gasteiger partial charge in [0, 0.05) is 18.3 Å². The fraction of sp³-hybridized carbons (Fsp3) is 0.300. The van der Waals surface area contributed by atoms with E-state index < -0.39 is 0 Å². The highest BCUT2D eigenvalue weighted by Gasteiger charge is 2.15. The summed E-state index contributed by atoms with van der Waals surface area (Å²) in [7, 11) is 0. The molecule has 0 saturated carbocycles. The molecule has 3 rings (SSSR count). The number of nitrogens with zero attached hydrogens (tertiary/aromatic N) is 6. The molecule has 0 spiro atoms. The Hall–Kier alpha value is -1.89. The summed E-state index contributed by atoms with van der Waals surface area (Å²) in [6.07, 6.45) is 4.92. The van der Waals surface area contributed by atoms with E-state index in [1.54, 1.807) is 34.4 Å². The molecule has 0 amide bonds. The molecule has 0 aromatic carbocycles. The Morgan fingerprint density at radius 2 is 2.12 bits per heavy atom. The van der Waals surface area contributed by atoms with Gasteiger partial charge in [-0.15, -0.1) is 10.2 Å². The maximum atomic E-state index is 4.49. The van der Waals surface area contributed by atoms with Crippen LogP contribution in [0.15, 0.2) is 18.6 Å². The highest BCUT2D eigenvalue weighted by atomic mass is 32.1. The van der Waals surface area contributed by atoms with Gasteiger partial charge in [-0.3, -0.25) is 4.98 Å². The van der Waals surface area contributed by atoms with E-state index in [9.17, 15) is 0 Å². The molecule has 3 aromatic rings. The van der Waals surface area contributed by atoms with Crippen molar-refractivity contribution in [3.63, 3.8) is 0 Å². The second-order valence-corrected chi connectivity index (χ2v) is 4.89. The molecular weight excluding hydrogens is 236 g/mol. The largest absolute Gasteiger partial charge is 0.261 e. The fourth-order valence-corrected chi connectivity index (χ4v) is 2.28. The first-order valence-corrected chi connectivity index (χ1v) is 6.06. The topological polar surface area (TPSA) is 68.9 Å². The summed E-state index contributed by atoms with van der Waals surface area (Å²) in [5, 5.41) is 13.7. The van der Waals surface area contributed by atoms with E-state index in [4.69, 9.17) is 0 Å². The van der Waals surface area contributed by atoms with Gasteiger partial charge < -0.3 is 0 Å². The SMILES string of the molecule is CC(C)c1nn2c(-c3cnccn3)nnc2s1. The van der Waals surface area contributed by atoms with E-state index >= 15 is 0 Å². The fourth-order valence-electron chi connectivity index (χ4n) is 1.44. The van der Waals surface area contributed by atoms with Crippen LogP contribution in [0.25, 0.3) is 16.5 Å². The quantitative estimate of drug-likeness (QED) is 0.689. The van der Waals surface area contributed by atoms with E-state index in [0.29, 0.717) is 17.4 Å². The monoisotopic (exact) mass is 246 g/mol. The Kier molecular flexibility index (Phi) is 2.32. The molecule has 0 saturated heterocycles. The predicted molar refractivity (Wildman–Crippen MR) is 63.8 cm³/mol. The van der Waals surface area contributed by atoms with Gasteiger partial charge in [0.1, 0.15) is 10.7 Å². The van der Waals surface area contributed by atoms with Gasteiger partial charge in [-0.1, -0.05) is 25.2 Å². The van der Waals surface area contributed by atoms with Gasteiger partial charge in [0.2, 0.25) is 10.8 Å². The van der Waals surface area contributed by atoms with Crippen LogP contribution in [-0.4, -0.2) is 29.8 Å². The van der Waals surface area contributed by atoms with Crippen LogP contribution in [0.5, 0.6) is 0 Å². The molecule has 0 unspecified atom stereocenters. The van der Waals surface area contributed by atoms with Crippen LogP contribution < -0.4 is 0 Å². The van der Waals surface area contributed by atoms with Gasteiger partial charge in [-0.25, -0.2) is 4.98 Å². The van der Waals surface area contributed by atoms with Crippen LogP contribution in [-0.2, 0) is 0 Å². The van der Waals surface area contributed by atoms with Crippen molar-refractivity contribution in [1.82, 2.24) is 29.8 Å². The molecule has 0 aliphatic carbocycles. The second kappa shape index (κ2) is 3.85. The zero-order chi connectivity index (χ0) is 11.8. The van der Waals surface area contributed by atoms with Crippen molar-refractivity contribution in [3.8, 4) is 11.5 Å². The highest BCUT2D eigenvalue weighted by molar-refractivity contribution is 7.16. The van der Waals surface area contributed by atoms with E-state index in [1.807, 2.05) is 0 Å². The highest BCUT2D eigenvalue weighted by Crippen LogP contribution is 2.23. The summed E-state index contributed by atoms with van der Waals surface area (Å²) < 4.78 is 1.73. The first kappa shape index (κ1) is 10.3. The smallest absolute Gasteiger partial charge is 0.235 e.